The van der Waals surface area contributed by atoms with Crippen molar-refractivity contribution in [3.63, 3.8) is 0 Å². The second-order valence-electron chi connectivity index (χ2n) is 5.42. The number of nitrogens with zero attached hydrogens (tertiary/aromatic N) is 3. The Balaban J connectivity index is 2.31. The molecule has 0 atom stereocenters. The molecule has 0 aliphatic rings. The summed E-state index contributed by atoms with van der Waals surface area (Å²) < 4.78 is 26.5. The molecule has 0 aliphatic heterocycles. The molecule has 0 unspecified atom stereocenters. The van der Waals surface area contributed by atoms with Crippen molar-refractivity contribution >= 4 is 17.6 Å². The Kier molecular flexibility index (Phi) is 4.90. The molecule has 2 aromatic heterocycles. The number of rotatable bonds is 4. The van der Waals surface area contributed by atoms with Gasteiger partial charge in [0.05, 0.1) is 36.1 Å². The monoisotopic (exact) mass is 375 g/mol. The van der Waals surface area contributed by atoms with E-state index >= 15 is 0 Å². The van der Waals surface area contributed by atoms with Gasteiger partial charge in [-0.15, -0.1) is 0 Å². The summed E-state index contributed by atoms with van der Waals surface area (Å²) in [6.07, 6.45) is 3.08. The number of hydrogen-bond donors (Lipinski definition) is 0. The first kappa shape index (κ1) is 17.9. The zero-order chi connectivity index (χ0) is 18.8. The maximum absolute atomic E-state index is 14.8. The van der Waals surface area contributed by atoms with Crippen LogP contribution in [0.1, 0.15) is 10.4 Å². The largest absolute Gasteiger partial charge is 0.496 e. The van der Waals surface area contributed by atoms with Crippen molar-refractivity contribution < 1.29 is 18.7 Å². The Morgan fingerprint density at radius 3 is 2.62 bits per heavy atom. The summed E-state index contributed by atoms with van der Waals surface area (Å²) in [4.78, 5) is 16.4. The number of halogens is 2. The molecule has 0 bridgehead atoms. The van der Waals surface area contributed by atoms with Gasteiger partial charge in [-0.1, -0.05) is 11.6 Å². The number of hydrogen-bond acceptors (Lipinski definition) is 5. The first-order valence-corrected chi connectivity index (χ1v) is 7.94. The van der Waals surface area contributed by atoms with Gasteiger partial charge >= 0.3 is 5.97 Å². The third kappa shape index (κ3) is 3.13. The molecule has 0 aliphatic carbocycles. The standard InChI is InChI=1S/C18H15ClFN3O3/c1-23-7-6-13(22-23)14-8-10(11(9-21-14)18(24)26-3)16-15(25-2)5-4-12(19)17(16)20/h4-9H,1-3H3. The summed E-state index contributed by atoms with van der Waals surface area (Å²) in [5.74, 6) is -1.12. The van der Waals surface area contributed by atoms with E-state index in [0.717, 1.165) is 0 Å². The lowest BCUT2D eigenvalue weighted by atomic mass is 9.98. The highest BCUT2D eigenvalue weighted by Crippen LogP contribution is 2.39. The van der Waals surface area contributed by atoms with Gasteiger partial charge in [0.1, 0.15) is 11.4 Å². The van der Waals surface area contributed by atoms with Gasteiger partial charge in [0, 0.05) is 25.0 Å². The normalized spacial score (nSPS) is 10.7. The third-order valence-corrected chi connectivity index (χ3v) is 4.12. The molecule has 0 radical (unpaired) electrons. The van der Waals surface area contributed by atoms with Gasteiger partial charge in [-0.2, -0.15) is 5.10 Å². The SMILES string of the molecule is COC(=O)c1cnc(-c2ccn(C)n2)cc1-c1c(OC)ccc(Cl)c1F. The van der Waals surface area contributed by atoms with Crippen LogP contribution in [-0.4, -0.2) is 35.0 Å². The minimum atomic E-state index is -0.700. The molecule has 0 saturated heterocycles. The van der Waals surface area contributed by atoms with Crippen molar-refractivity contribution in [2.45, 2.75) is 0 Å². The molecule has 6 nitrogen and oxygen atoms in total. The van der Waals surface area contributed by atoms with Gasteiger partial charge in [-0.3, -0.25) is 9.67 Å². The summed E-state index contributed by atoms with van der Waals surface area (Å²) in [7, 11) is 4.42. The van der Waals surface area contributed by atoms with Crippen LogP contribution in [0.5, 0.6) is 5.75 Å². The van der Waals surface area contributed by atoms with Gasteiger partial charge in [0.15, 0.2) is 5.82 Å². The number of aryl methyl sites for hydroxylation is 1. The first-order chi connectivity index (χ1) is 12.5. The molecular weight excluding hydrogens is 361 g/mol. The van der Waals surface area contributed by atoms with Crippen LogP contribution in [0.15, 0.2) is 36.7 Å². The molecule has 0 amide bonds. The molecule has 0 fully saturated rings. The summed E-state index contributed by atoms with van der Waals surface area (Å²) in [6.45, 7) is 0. The van der Waals surface area contributed by atoms with E-state index in [2.05, 4.69) is 10.1 Å². The van der Waals surface area contributed by atoms with Gasteiger partial charge < -0.3 is 9.47 Å². The second kappa shape index (κ2) is 7.13. The third-order valence-electron chi connectivity index (χ3n) is 3.83. The van der Waals surface area contributed by atoms with Gasteiger partial charge in [0.25, 0.3) is 0 Å². The molecule has 2 heterocycles. The van der Waals surface area contributed by atoms with E-state index in [4.69, 9.17) is 21.1 Å². The van der Waals surface area contributed by atoms with Crippen molar-refractivity contribution in [1.82, 2.24) is 14.8 Å². The zero-order valence-electron chi connectivity index (χ0n) is 14.3. The Hall–Kier alpha value is -2.93. The van der Waals surface area contributed by atoms with Crippen LogP contribution < -0.4 is 4.74 Å². The van der Waals surface area contributed by atoms with Crippen LogP contribution in [0.3, 0.4) is 0 Å². The Bertz CT molecular complexity index is 988. The van der Waals surface area contributed by atoms with E-state index in [1.807, 2.05) is 0 Å². The number of methoxy groups -OCH3 is 2. The molecule has 26 heavy (non-hydrogen) atoms. The molecule has 3 rings (SSSR count). The van der Waals surface area contributed by atoms with Crippen molar-refractivity contribution in [2.24, 2.45) is 7.05 Å². The number of pyridine rings is 1. The summed E-state index contributed by atoms with van der Waals surface area (Å²) in [5, 5.41) is 4.19. The average Bonchev–Trinajstić information content (AvgIpc) is 3.09. The van der Waals surface area contributed by atoms with Crippen LogP contribution >= 0.6 is 11.6 Å². The smallest absolute Gasteiger partial charge is 0.340 e. The predicted molar refractivity (Wildman–Crippen MR) is 94.7 cm³/mol. The summed E-state index contributed by atoms with van der Waals surface area (Å²) in [5.41, 5.74) is 1.44. The lowest BCUT2D eigenvalue weighted by Crippen LogP contribution is -2.07. The molecule has 0 N–H and O–H groups in total. The molecule has 0 spiro atoms. The lowest BCUT2D eigenvalue weighted by Gasteiger charge is -2.14. The zero-order valence-corrected chi connectivity index (χ0v) is 15.0. The minimum Gasteiger partial charge on any atom is -0.496 e. The van der Waals surface area contributed by atoms with Crippen LogP contribution in [0.2, 0.25) is 5.02 Å². The number of benzene rings is 1. The number of ether oxygens (including phenoxy) is 2. The van der Waals surface area contributed by atoms with Crippen molar-refractivity contribution in [1.29, 1.82) is 0 Å². The van der Waals surface area contributed by atoms with Gasteiger partial charge in [-0.05, 0) is 24.3 Å². The number of carbonyl (C=O) groups excluding carboxylic acids is 1. The van der Waals surface area contributed by atoms with E-state index in [1.54, 1.807) is 30.1 Å². The first-order valence-electron chi connectivity index (χ1n) is 7.57. The molecule has 1 aromatic carbocycles. The average molecular weight is 376 g/mol. The highest BCUT2D eigenvalue weighted by atomic mass is 35.5. The Labute approximate surface area is 154 Å². The number of carbonyl (C=O) groups is 1. The maximum Gasteiger partial charge on any atom is 0.340 e. The Morgan fingerprint density at radius 2 is 2.00 bits per heavy atom. The fourth-order valence-electron chi connectivity index (χ4n) is 2.58. The quantitative estimate of drug-likeness (QED) is 0.650. The highest BCUT2D eigenvalue weighted by molar-refractivity contribution is 6.31. The number of esters is 1. The van der Waals surface area contributed by atoms with E-state index in [-0.39, 0.29) is 27.5 Å². The van der Waals surface area contributed by atoms with E-state index in [0.29, 0.717) is 11.4 Å². The van der Waals surface area contributed by atoms with E-state index in [1.165, 1.54) is 32.5 Å². The summed E-state index contributed by atoms with van der Waals surface area (Å²) >= 11 is 5.94. The highest BCUT2D eigenvalue weighted by Gasteiger charge is 2.23. The van der Waals surface area contributed by atoms with Gasteiger partial charge in [-0.25, -0.2) is 9.18 Å². The van der Waals surface area contributed by atoms with Crippen molar-refractivity contribution in [3.05, 3.63) is 53.1 Å². The van der Waals surface area contributed by atoms with Crippen molar-refractivity contribution in [2.75, 3.05) is 14.2 Å². The lowest BCUT2D eigenvalue weighted by molar-refractivity contribution is 0.0601. The molecule has 3 aromatic rings. The van der Waals surface area contributed by atoms with Crippen LogP contribution in [0, 0.1) is 5.82 Å². The number of aromatic nitrogens is 3. The second-order valence-corrected chi connectivity index (χ2v) is 5.83. The predicted octanol–water partition coefficient (Wildman–Crippen LogP) is 3.74. The summed E-state index contributed by atoms with van der Waals surface area (Å²) in [6, 6.07) is 6.24. The maximum atomic E-state index is 14.8. The molecule has 0 saturated carbocycles. The van der Waals surface area contributed by atoms with Crippen LogP contribution in [-0.2, 0) is 11.8 Å². The minimum absolute atomic E-state index is 0.0555. The van der Waals surface area contributed by atoms with Crippen molar-refractivity contribution in [3.8, 4) is 28.3 Å². The van der Waals surface area contributed by atoms with Crippen LogP contribution in [0.25, 0.3) is 22.5 Å². The molecule has 8 heteroatoms. The Morgan fingerprint density at radius 1 is 1.23 bits per heavy atom. The van der Waals surface area contributed by atoms with Gasteiger partial charge in [0.2, 0.25) is 0 Å². The fourth-order valence-corrected chi connectivity index (χ4v) is 2.74. The topological polar surface area (TPSA) is 66.2 Å². The van der Waals surface area contributed by atoms with E-state index < -0.39 is 11.8 Å². The molecular formula is C18H15ClFN3O3. The molecule has 134 valence electrons. The van der Waals surface area contributed by atoms with Crippen LogP contribution in [0.4, 0.5) is 4.39 Å². The fraction of sp³-hybridized carbons (Fsp3) is 0.167. The van der Waals surface area contributed by atoms with E-state index in [9.17, 15) is 9.18 Å².